The van der Waals surface area contributed by atoms with E-state index in [1.165, 1.54) is 0 Å². The SMILES string of the molecule is CCOc1cc(CO)ccc1OCc1ccccn1. The lowest BCUT2D eigenvalue weighted by Gasteiger charge is -2.12. The Kier molecular flexibility index (Phi) is 4.75. The summed E-state index contributed by atoms with van der Waals surface area (Å²) < 4.78 is 11.2. The number of hydrogen-bond acceptors (Lipinski definition) is 4. The van der Waals surface area contributed by atoms with Crippen LogP contribution in [0.3, 0.4) is 0 Å². The van der Waals surface area contributed by atoms with E-state index in [2.05, 4.69) is 4.98 Å². The van der Waals surface area contributed by atoms with Crippen molar-refractivity contribution in [2.75, 3.05) is 6.61 Å². The van der Waals surface area contributed by atoms with Crippen molar-refractivity contribution in [3.63, 3.8) is 0 Å². The van der Waals surface area contributed by atoms with Crippen molar-refractivity contribution in [1.82, 2.24) is 4.98 Å². The Balaban J connectivity index is 2.10. The Hall–Kier alpha value is -2.07. The molecule has 1 heterocycles. The molecular weight excluding hydrogens is 242 g/mol. The van der Waals surface area contributed by atoms with Gasteiger partial charge in [-0.2, -0.15) is 0 Å². The van der Waals surface area contributed by atoms with Crippen molar-refractivity contribution in [2.45, 2.75) is 20.1 Å². The highest BCUT2D eigenvalue weighted by molar-refractivity contribution is 5.42. The minimum atomic E-state index is -0.0133. The third kappa shape index (κ3) is 3.69. The molecule has 0 aliphatic heterocycles. The second kappa shape index (κ2) is 6.75. The third-order valence-electron chi connectivity index (χ3n) is 2.59. The summed E-state index contributed by atoms with van der Waals surface area (Å²) in [7, 11) is 0. The van der Waals surface area contributed by atoms with Crippen LogP contribution >= 0.6 is 0 Å². The molecule has 0 saturated carbocycles. The zero-order chi connectivity index (χ0) is 13.5. The molecule has 0 fully saturated rings. The first-order valence-corrected chi connectivity index (χ1v) is 6.22. The molecule has 0 spiro atoms. The molecule has 0 aliphatic rings. The number of ether oxygens (including phenoxy) is 2. The van der Waals surface area contributed by atoms with Crippen LogP contribution in [0, 0.1) is 0 Å². The maximum Gasteiger partial charge on any atom is 0.161 e. The predicted octanol–water partition coefficient (Wildman–Crippen LogP) is 2.55. The predicted molar refractivity (Wildman–Crippen MR) is 72.1 cm³/mol. The van der Waals surface area contributed by atoms with Crippen LogP contribution in [0.2, 0.25) is 0 Å². The molecule has 4 heteroatoms. The topological polar surface area (TPSA) is 51.6 Å². The molecule has 0 unspecified atom stereocenters. The zero-order valence-electron chi connectivity index (χ0n) is 10.9. The number of rotatable bonds is 6. The Morgan fingerprint density at radius 3 is 2.68 bits per heavy atom. The number of aliphatic hydroxyl groups excluding tert-OH is 1. The standard InChI is InChI=1S/C15H17NO3/c1-2-18-15-9-12(10-17)6-7-14(15)19-11-13-5-3-4-8-16-13/h3-9,17H,2,10-11H2,1H3. The summed E-state index contributed by atoms with van der Waals surface area (Å²) in [4.78, 5) is 4.20. The van der Waals surface area contributed by atoms with Crippen molar-refractivity contribution >= 4 is 0 Å². The maximum absolute atomic E-state index is 9.12. The highest BCUT2D eigenvalue weighted by atomic mass is 16.5. The lowest BCUT2D eigenvalue weighted by Crippen LogP contribution is -2.01. The van der Waals surface area contributed by atoms with E-state index < -0.39 is 0 Å². The van der Waals surface area contributed by atoms with Gasteiger partial charge in [-0.05, 0) is 36.8 Å². The van der Waals surface area contributed by atoms with Crippen LogP contribution < -0.4 is 9.47 Å². The van der Waals surface area contributed by atoms with Gasteiger partial charge in [-0.15, -0.1) is 0 Å². The molecule has 1 aromatic heterocycles. The molecule has 0 aliphatic carbocycles. The van der Waals surface area contributed by atoms with Gasteiger partial charge in [0.25, 0.3) is 0 Å². The third-order valence-corrected chi connectivity index (χ3v) is 2.59. The normalized spacial score (nSPS) is 10.2. The van der Waals surface area contributed by atoms with E-state index in [0.29, 0.717) is 24.7 Å². The Bertz CT molecular complexity index is 514. The maximum atomic E-state index is 9.12. The minimum absolute atomic E-state index is 0.0133. The molecule has 100 valence electrons. The van der Waals surface area contributed by atoms with Crippen LogP contribution in [-0.2, 0) is 13.2 Å². The van der Waals surface area contributed by atoms with E-state index in [9.17, 15) is 0 Å². The first-order valence-electron chi connectivity index (χ1n) is 6.22. The van der Waals surface area contributed by atoms with Gasteiger partial charge >= 0.3 is 0 Å². The fourth-order valence-corrected chi connectivity index (χ4v) is 1.67. The number of aromatic nitrogens is 1. The molecule has 2 rings (SSSR count). The van der Waals surface area contributed by atoms with Crippen LogP contribution in [0.15, 0.2) is 42.6 Å². The van der Waals surface area contributed by atoms with Crippen molar-refractivity contribution in [1.29, 1.82) is 0 Å². The monoisotopic (exact) mass is 259 g/mol. The molecule has 0 saturated heterocycles. The molecule has 1 N–H and O–H groups in total. The van der Waals surface area contributed by atoms with Crippen molar-refractivity contribution in [3.05, 3.63) is 53.9 Å². The average Bonchev–Trinajstić information content (AvgIpc) is 2.47. The minimum Gasteiger partial charge on any atom is -0.490 e. The average molecular weight is 259 g/mol. The van der Waals surface area contributed by atoms with Crippen LogP contribution in [0.1, 0.15) is 18.2 Å². The summed E-state index contributed by atoms with van der Waals surface area (Å²) in [6.07, 6.45) is 1.73. The number of nitrogens with zero attached hydrogens (tertiary/aromatic N) is 1. The van der Waals surface area contributed by atoms with Crippen LogP contribution in [0.5, 0.6) is 11.5 Å². The van der Waals surface area contributed by atoms with E-state index in [-0.39, 0.29) is 6.61 Å². The Morgan fingerprint density at radius 1 is 1.11 bits per heavy atom. The molecule has 0 bridgehead atoms. The summed E-state index contributed by atoms with van der Waals surface area (Å²) in [6.45, 7) is 2.84. The number of benzene rings is 1. The number of hydrogen-bond donors (Lipinski definition) is 1. The van der Waals surface area contributed by atoms with E-state index in [4.69, 9.17) is 14.6 Å². The molecule has 4 nitrogen and oxygen atoms in total. The van der Waals surface area contributed by atoms with Gasteiger partial charge in [-0.1, -0.05) is 12.1 Å². The smallest absolute Gasteiger partial charge is 0.161 e. The van der Waals surface area contributed by atoms with Gasteiger partial charge in [-0.3, -0.25) is 4.98 Å². The van der Waals surface area contributed by atoms with Gasteiger partial charge in [0, 0.05) is 6.20 Å². The molecule has 1 aromatic carbocycles. The van der Waals surface area contributed by atoms with Gasteiger partial charge in [0.05, 0.1) is 18.9 Å². The van der Waals surface area contributed by atoms with Gasteiger partial charge in [0.1, 0.15) is 6.61 Å². The number of pyridine rings is 1. The van der Waals surface area contributed by atoms with Crippen molar-refractivity contribution in [3.8, 4) is 11.5 Å². The first-order chi connectivity index (χ1) is 9.33. The highest BCUT2D eigenvalue weighted by Gasteiger charge is 2.06. The van der Waals surface area contributed by atoms with E-state index in [1.54, 1.807) is 18.3 Å². The molecular formula is C15H17NO3. The first kappa shape index (κ1) is 13.4. The Labute approximate surface area is 112 Å². The molecule has 0 atom stereocenters. The number of aliphatic hydroxyl groups is 1. The second-order valence-corrected chi connectivity index (χ2v) is 3.98. The second-order valence-electron chi connectivity index (χ2n) is 3.98. The van der Waals surface area contributed by atoms with Gasteiger partial charge in [0.15, 0.2) is 11.5 Å². The van der Waals surface area contributed by atoms with E-state index in [0.717, 1.165) is 11.3 Å². The summed E-state index contributed by atoms with van der Waals surface area (Å²) in [5.74, 6) is 1.30. The van der Waals surface area contributed by atoms with Gasteiger partial charge in [-0.25, -0.2) is 0 Å². The fraction of sp³-hybridized carbons (Fsp3) is 0.267. The van der Waals surface area contributed by atoms with Crippen LogP contribution in [-0.4, -0.2) is 16.7 Å². The largest absolute Gasteiger partial charge is 0.490 e. The van der Waals surface area contributed by atoms with Crippen LogP contribution in [0.4, 0.5) is 0 Å². The fourth-order valence-electron chi connectivity index (χ4n) is 1.67. The molecule has 19 heavy (non-hydrogen) atoms. The van der Waals surface area contributed by atoms with E-state index >= 15 is 0 Å². The lowest BCUT2D eigenvalue weighted by molar-refractivity contribution is 0.261. The Morgan fingerprint density at radius 2 is 2.00 bits per heavy atom. The summed E-state index contributed by atoms with van der Waals surface area (Å²) >= 11 is 0. The molecule has 2 aromatic rings. The van der Waals surface area contributed by atoms with E-state index in [1.807, 2.05) is 31.2 Å². The van der Waals surface area contributed by atoms with Crippen molar-refractivity contribution < 1.29 is 14.6 Å². The van der Waals surface area contributed by atoms with Crippen LogP contribution in [0.25, 0.3) is 0 Å². The molecule has 0 amide bonds. The summed E-state index contributed by atoms with van der Waals surface area (Å²) in [5, 5.41) is 9.12. The summed E-state index contributed by atoms with van der Waals surface area (Å²) in [6, 6.07) is 11.1. The lowest BCUT2D eigenvalue weighted by atomic mass is 10.2. The van der Waals surface area contributed by atoms with Gasteiger partial charge in [0.2, 0.25) is 0 Å². The zero-order valence-corrected chi connectivity index (χ0v) is 10.9. The summed E-state index contributed by atoms with van der Waals surface area (Å²) in [5.41, 5.74) is 1.66. The quantitative estimate of drug-likeness (QED) is 0.866. The van der Waals surface area contributed by atoms with Crippen molar-refractivity contribution in [2.24, 2.45) is 0 Å². The highest BCUT2D eigenvalue weighted by Crippen LogP contribution is 2.29. The molecule has 0 radical (unpaired) electrons. The van der Waals surface area contributed by atoms with Gasteiger partial charge < -0.3 is 14.6 Å².